The number of benzene rings is 1. The number of nitrogens with zero attached hydrogens (tertiary/aromatic N) is 2. The summed E-state index contributed by atoms with van der Waals surface area (Å²) in [6, 6.07) is 7.94. The molecule has 0 aromatic heterocycles. The van der Waals surface area contributed by atoms with Crippen molar-refractivity contribution in [3.05, 3.63) is 29.8 Å². The van der Waals surface area contributed by atoms with E-state index in [-0.39, 0.29) is 17.0 Å². The number of rotatable bonds is 2. The van der Waals surface area contributed by atoms with Crippen molar-refractivity contribution in [3.8, 4) is 6.07 Å². The summed E-state index contributed by atoms with van der Waals surface area (Å²) < 4.78 is 26.9. The van der Waals surface area contributed by atoms with Gasteiger partial charge in [0.25, 0.3) is 0 Å². The fraction of sp³-hybridized carbons (Fsp3) is 0.462. The van der Waals surface area contributed by atoms with Crippen molar-refractivity contribution in [1.29, 1.82) is 5.26 Å². The molecule has 1 heterocycles. The van der Waals surface area contributed by atoms with E-state index in [0.717, 1.165) is 0 Å². The Kier molecular flexibility index (Phi) is 3.90. The predicted octanol–water partition coefficient (Wildman–Crippen LogP) is 0.929. The first-order chi connectivity index (χ1) is 8.96. The summed E-state index contributed by atoms with van der Waals surface area (Å²) in [5, 5.41) is 12.1. The van der Waals surface area contributed by atoms with Crippen molar-refractivity contribution in [3.63, 3.8) is 0 Å². The molecule has 2 atom stereocenters. The molecule has 1 aromatic rings. The van der Waals surface area contributed by atoms with Crippen LogP contribution in [0.15, 0.2) is 29.2 Å². The van der Waals surface area contributed by atoms with Gasteiger partial charge in [-0.25, -0.2) is 8.42 Å². The highest BCUT2D eigenvalue weighted by Crippen LogP contribution is 2.23. The van der Waals surface area contributed by atoms with Crippen LogP contribution in [0.5, 0.6) is 0 Å². The maximum atomic E-state index is 12.7. The molecule has 0 bridgehead atoms. The summed E-state index contributed by atoms with van der Waals surface area (Å²) >= 11 is 0. The maximum Gasteiger partial charge on any atom is 0.243 e. The van der Waals surface area contributed by atoms with Gasteiger partial charge >= 0.3 is 0 Å². The molecule has 102 valence electrons. The normalized spacial score (nSPS) is 24.9. The molecule has 0 radical (unpaired) electrons. The smallest absolute Gasteiger partial charge is 0.243 e. The molecule has 2 rings (SSSR count). The Labute approximate surface area is 113 Å². The Morgan fingerprint density at radius 2 is 1.95 bits per heavy atom. The molecule has 1 N–H and O–H groups in total. The highest BCUT2D eigenvalue weighted by Gasteiger charge is 2.35. The lowest BCUT2D eigenvalue weighted by Crippen LogP contribution is -2.57. The lowest BCUT2D eigenvalue weighted by Gasteiger charge is -2.38. The van der Waals surface area contributed by atoms with Gasteiger partial charge in [-0.05, 0) is 32.0 Å². The first-order valence-corrected chi connectivity index (χ1v) is 7.65. The molecule has 0 amide bonds. The standard InChI is InChI=1S/C13H17N3O2S/c1-10-8-15-9-11(2)16(10)19(17,18)13-5-3-4-12(6-13)7-14/h3-6,10-11,15H,8-9H2,1-2H3. The van der Waals surface area contributed by atoms with Gasteiger partial charge in [0.2, 0.25) is 10.0 Å². The number of hydrogen-bond donors (Lipinski definition) is 1. The number of hydrogen-bond acceptors (Lipinski definition) is 4. The first kappa shape index (κ1) is 14.0. The van der Waals surface area contributed by atoms with Gasteiger partial charge in [0, 0.05) is 25.2 Å². The quantitative estimate of drug-likeness (QED) is 0.874. The van der Waals surface area contributed by atoms with Crippen LogP contribution in [0.4, 0.5) is 0 Å². The molecular formula is C13H17N3O2S. The SMILES string of the molecule is CC1CNCC(C)N1S(=O)(=O)c1cccc(C#N)c1. The molecule has 1 aliphatic heterocycles. The Balaban J connectivity index is 2.43. The summed E-state index contributed by atoms with van der Waals surface area (Å²) in [7, 11) is -3.55. The fourth-order valence-electron chi connectivity index (χ4n) is 2.44. The third kappa shape index (κ3) is 2.63. The van der Waals surface area contributed by atoms with Crippen LogP contribution in [-0.2, 0) is 10.0 Å². The zero-order valence-electron chi connectivity index (χ0n) is 11.0. The molecule has 5 nitrogen and oxygen atoms in total. The molecule has 0 aliphatic carbocycles. The van der Waals surface area contributed by atoms with Crippen molar-refractivity contribution >= 4 is 10.0 Å². The minimum Gasteiger partial charge on any atom is -0.314 e. The van der Waals surface area contributed by atoms with Crippen molar-refractivity contribution in [2.45, 2.75) is 30.8 Å². The minimum absolute atomic E-state index is 0.0977. The summed E-state index contributed by atoms with van der Waals surface area (Å²) in [6.07, 6.45) is 0. The van der Waals surface area contributed by atoms with Gasteiger partial charge in [0.15, 0.2) is 0 Å². The van der Waals surface area contributed by atoms with E-state index in [0.29, 0.717) is 18.7 Å². The van der Waals surface area contributed by atoms with Crippen LogP contribution in [0.3, 0.4) is 0 Å². The Morgan fingerprint density at radius 3 is 2.53 bits per heavy atom. The Morgan fingerprint density at radius 1 is 1.32 bits per heavy atom. The average Bonchev–Trinajstić information content (AvgIpc) is 2.38. The van der Waals surface area contributed by atoms with Crippen LogP contribution in [-0.4, -0.2) is 37.9 Å². The van der Waals surface area contributed by atoms with Crippen LogP contribution in [0, 0.1) is 11.3 Å². The first-order valence-electron chi connectivity index (χ1n) is 6.21. The van der Waals surface area contributed by atoms with Crippen molar-refractivity contribution < 1.29 is 8.42 Å². The second-order valence-corrected chi connectivity index (χ2v) is 6.67. The molecule has 2 unspecified atom stereocenters. The second-order valence-electron chi connectivity index (χ2n) is 4.83. The van der Waals surface area contributed by atoms with E-state index in [9.17, 15) is 8.42 Å². The molecule has 0 saturated carbocycles. The van der Waals surface area contributed by atoms with Gasteiger partial charge in [-0.15, -0.1) is 0 Å². The summed E-state index contributed by atoms with van der Waals surface area (Å²) in [4.78, 5) is 0.187. The van der Waals surface area contributed by atoms with Crippen LogP contribution in [0.25, 0.3) is 0 Å². The molecule has 1 saturated heterocycles. The minimum atomic E-state index is -3.55. The monoisotopic (exact) mass is 279 g/mol. The van der Waals surface area contributed by atoms with E-state index in [1.807, 2.05) is 19.9 Å². The van der Waals surface area contributed by atoms with E-state index in [2.05, 4.69) is 5.32 Å². The lowest BCUT2D eigenvalue weighted by molar-refractivity contribution is 0.220. The number of sulfonamides is 1. The average molecular weight is 279 g/mol. The van der Waals surface area contributed by atoms with E-state index < -0.39 is 10.0 Å². The van der Waals surface area contributed by atoms with Crippen molar-refractivity contribution in [1.82, 2.24) is 9.62 Å². The van der Waals surface area contributed by atoms with E-state index in [4.69, 9.17) is 5.26 Å². The van der Waals surface area contributed by atoms with Gasteiger partial charge < -0.3 is 5.32 Å². The zero-order valence-corrected chi connectivity index (χ0v) is 11.8. The van der Waals surface area contributed by atoms with Gasteiger partial charge in [0.1, 0.15) is 0 Å². The molecular weight excluding hydrogens is 262 g/mol. The molecule has 19 heavy (non-hydrogen) atoms. The molecule has 0 spiro atoms. The Hall–Kier alpha value is -1.42. The summed E-state index contributed by atoms with van der Waals surface area (Å²) in [6.45, 7) is 5.05. The predicted molar refractivity (Wildman–Crippen MR) is 72.0 cm³/mol. The lowest BCUT2D eigenvalue weighted by atomic mass is 10.2. The topological polar surface area (TPSA) is 73.2 Å². The van der Waals surface area contributed by atoms with Gasteiger partial charge in [-0.2, -0.15) is 9.57 Å². The molecule has 1 fully saturated rings. The van der Waals surface area contributed by atoms with E-state index in [1.165, 1.54) is 16.4 Å². The zero-order chi connectivity index (χ0) is 14.0. The number of piperazine rings is 1. The summed E-state index contributed by atoms with van der Waals surface area (Å²) in [5.74, 6) is 0. The molecule has 6 heteroatoms. The Bertz CT molecular complexity index is 597. The van der Waals surface area contributed by atoms with Crippen LogP contribution in [0.2, 0.25) is 0 Å². The highest BCUT2D eigenvalue weighted by atomic mass is 32.2. The molecule has 1 aliphatic rings. The van der Waals surface area contributed by atoms with E-state index in [1.54, 1.807) is 12.1 Å². The highest BCUT2D eigenvalue weighted by molar-refractivity contribution is 7.89. The van der Waals surface area contributed by atoms with E-state index >= 15 is 0 Å². The van der Waals surface area contributed by atoms with Gasteiger partial charge in [-0.1, -0.05) is 6.07 Å². The van der Waals surface area contributed by atoms with Gasteiger partial charge in [-0.3, -0.25) is 0 Å². The van der Waals surface area contributed by atoms with Crippen LogP contribution in [0.1, 0.15) is 19.4 Å². The maximum absolute atomic E-state index is 12.7. The van der Waals surface area contributed by atoms with Crippen LogP contribution >= 0.6 is 0 Å². The fourth-order valence-corrected chi connectivity index (χ4v) is 4.30. The van der Waals surface area contributed by atoms with Crippen molar-refractivity contribution in [2.75, 3.05) is 13.1 Å². The molecule has 1 aromatic carbocycles. The second kappa shape index (κ2) is 5.29. The number of nitriles is 1. The third-order valence-electron chi connectivity index (χ3n) is 3.29. The largest absolute Gasteiger partial charge is 0.314 e. The van der Waals surface area contributed by atoms with Crippen molar-refractivity contribution in [2.24, 2.45) is 0 Å². The third-order valence-corrected chi connectivity index (χ3v) is 5.41. The van der Waals surface area contributed by atoms with Crippen LogP contribution < -0.4 is 5.32 Å². The van der Waals surface area contributed by atoms with Gasteiger partial charge in [0.05, 0.1) is 16.5 Å². The summed E-state index contributed by atoms with van der Waals surface area (Å²) in [5.41, 5.74) is 0.358. The number of nitrogens with one attached hydrogen (secondary N) is 1.